The molecule has 0 unspecified atom stereocenters. The highest BCUT2D eigenvalue weighted by Crippen LogP contribution is 2.48. The number of Topliss-reactive ketones (excluding diaryl/α,β-unsaturated/α-hetero) is 1. The number of nitrogens with zero attached hydrogens (tertiary/aromatic N) is 1. The van der Waals surface area contributed by atoms with Crippen LogP contribution in [0.15, 0.2) is 53.0 Å². The maximum Gasteiger partial charge on any atom is 0.239 e. The Morgan fingerprint density at radius 2 is 2.06 bits per heavy atom. The summed E-state index contributed by atoms with van der Waals surface area (Å²) >= 11 is 1.62. The standard InChI is InChI=1S/C25H31N3O3S/c1-25(2)14-18-23(20(29)15-25)24(21-10-6-13-32-21)28(16-22(30)26-11-7-12-31-3)19-9-5-4-8-17(19)27-18/h4-6,8-10,13,24,27H,7,11-12,14-16H2,1-3H3,(H,26,30)/t24-/m1/s1. The summed E-state index contributed by atoms with van der Waals surface area (Å²) in [5.74, 6) is 0.0885. The average molecular weight is 454 g/mol. The van der Waals surface area contributed by atoms with Crippen molar-refractivity contribution in [2.75, 3.05) is 37.0 Å². The van der Waals surface area contributed by atoms with Gasteiger partial charge in [0.05, 0.1) is 24.0 Å². The van der Waals surface area contributed by atoms with E-state index in [1.807, 2.05) is 35.7 Å². The van der Waals surface area contributed by atoms with Gasteiger partial charge in [-0.1, -0.05) is 32.0 Å². The number of ketones is 1. The number of hydrogen-bond donors (Lipinski definition) is 2. The maximum absolute atomic E-state index is 13.5. The van der Waals surface area contributed by atoms with Crippen molar-refractivity contribution in [1.82, 2.24) is 5.32 Å². The second-order valence-corrected chi connectivity index (χ2v) is 10.2. The Labute approximate surface area is 193 Å². The first-order valence-electron chi connectivity index (χ1n) is 11.1. The third-order valence-electron chi connectivity index (χ3n) is 5.98. The number of amides is 1. The van der Waals surface area contributed by atoms with E-state index in [0.717, 1.165) is 40.4 Å². The first kappa shape index (κ1) is 22.6. The number of benzene rings is 1. The van der Waals surface area contributed by atoms with Gasteiger partial charge in [-0.15, -0.1) is 11.3 Å². The lowest BCUT2D eigenvalue weighted by molar-refractivity contribution is -0.120. The molecule has 32 heavy (non-hydrogen) atoms. The van der Waals surface area contributed by atoms with Gasteiger partial charge in [0.25, 0.3) is 0 Å². The van der Waals surface area contributed by atoms with E-state index < -0.39 is 0 Å². The molecule has 1 atom stereocenters. The second kappa shape index (κ2) is 9.46. The Balaban J connectivity index is 1.76. The summed E-state index contributed by atoms with van der Waals surface area (Å²) in [5, 5.41) is 8.60. The van der Waals surface area contributed by atoms with Gasteiger partial charge in [-0.2, -0.15) is 0 Å². The first-order chi connectivity index (χ1) is 15.4. The number of thiophene rings is 1. The minimum absolute atomic E-state index is 0.0647. The molecule has 2 N–H and O–H groups in total. The molecule has 0 spiro atoms. The molecule has 2 aliphatic rings. The zero-order valence-electron chi connectivity index (χ0n) is 18.9. The Morgan fingerprint density at radius 1 is 1.25 bits per heavy atom. The van der Waals surface area contributed by atoms with E-state index in [0.29, 0.717) is 19.6 Å². The molecule has 1 aliphatic heterocycles. The van der Waals surface area contributed by atoms with Crippen LogP contribution in [-0.4, -0.2) is 38.5 Å². The lowest BCUT2D eigenvalue weighted by atomic mass is 9.74. The van der Waals surface area contributed by atoms with E-state index >= 15 is 0 Å². The number of hydrogen-bond acceptors (Lipinski definition) is 6. The molecular formula is C25H31N3O3S. The van der Waals surface area contributed by atoms with Crippen molar-refractivity contribution in [3.05, 3.63) is 57.9 Å². The molecule has 0 radical (unpaired) electrons. The summed E-state index contributed by atoms with van der Waals surface area (Å²) in [4.78, 5) is 29.6. The lowest BCUT2D eigenvalue weighted by Crippen LogP contribution is -2.42. The van der Waals surface area contributed by atoms with Gasteiger partial charge in [-0.3, -0.25) is 9.59 Å². The van der Waals surface area contributed by atoms with E-state index in [-0.39, 0.29) is 29.7 Å². The fourth-order valence-corrected chi connectivity index (χ4v) is 5.47. The number of para-hydroxylation sites is 2. The largest absolute Gasteiger partial charge is 0.385 e. The van der Waals surface area contributed by atoms with Crippen LogP contribution in [0.25, 0.3) is 0 Å². The number of rotatable bonds is 7. The maximum atomic E-state index is 13.5. The van der Waals surface area contributed by atoms with Crippen molar-refractivity contribution in [3.8, 4) is 0 Å². The summed E-state index contributed by atoms with van der Waals surface area (Å²) in [6.45, 7) is 5.61. The first-order valence-corrected chi connectivity index (χ1v) is 12.0. The van der Waals surface area contributed by atoms with Gasteiger partial charge in [0, 0.05) is 42.8 Å². The molecule has 2 aromatic rings. The van der Waals surface area contributed by atoms with Crippen LogP contribution >= 0.6 is 11.3 Å². The summed E-state index contributed by atoms with van der Waals surface area (Å²) < 4.78 is 5.08. The molecule has 0 saturated heterocycles. The van der Waals surface area contributed by atoms with Crippen LogP contribution in [0, 0.1) is 5.41 Å². The molecule has 0 saturated carbocycles. The minimum atomic E-state index is -0.297. The normalized spacial score (nSPS) is 19.7. The molecule has 0 bridgehead atoms. The van der Waals surface area contributed by atoms with Gasteiger partial charge >= 0.3 is 0 Å². The highest BCUT2D eigenvalue weighted by molar-refractivity contribution is 7.10. The zero-order chi connectivity index (χ0) is 22.7. The molecule has 1 aliphatic carbocycles. The number of fused-ring (bicyclic) bond motifs is 1. The Kier molecular flexibility index (Phi) is 6.67. The summed E-state index contributed by atoms with van der Waals surface area (Å²) in [5.41, 5.74) is 3.51. The van der Waals surface area contributed by atoms with Crippen molar-refractivity contribution in [2.45, 2.75) is 39.2 Å². The van der Waals surface area contributed by atoms with Crippen LogP contribution < -0.4 is 15.5 Å². The predicted molar refractivity (Wildman–Crippen MR) is 129 cm³/mol. The number of anilines is 2. The van der Waals surface area contributed by atoms with Gasteiger partial charge < -0.3 is 20.3 Å². The summed E-state index contributed by atoms with van der Waals surface area (Å²) in [6, 6.07) is 11.8. The number of allylic oxidation sites excluding steroid dienone is 1. The molecule has 1 aromatic carbocycles. The third kappa shape index (κ3) is 4.74. The van der Waals surface area contributed by atoms with Crippen molar-refractivity contribution in [3.63, 3.8) is 0 Å². The second-order valence-electron chi connectivity index (χ2n) is 9.22. The quantitative estimate of drug-likeness (QED) is 0.604. The SMILES string of the molecule is COCCCNC(=O)CN1c2ccccc2NC2=C(C(=O)CC(C)(C)C2)[C@H]1c1cccs1. The van der Waals surface area contributed by atoms with Gasteiger partial charge in [-0.25, -0.2) is 0 Å². The number of nitrogens with one attached hydrogen (secondary N) is 2. The van der Waals surface area contributed by atoms with E-state index in [9.17, 15) is 9.59 Å². The minimum Gasteiger partial charge on any atom is -0.385 e. The van der Waals surface area contributed by atoms with Gasteiger partial charge in [-0.05, 0) is 41.8 Å². The molecule has 1 amide bonds. The average Bonchev–Trinajstić information content (AvgIpc) is 3.22. The Hall–Kier alpha value is -2.64. The number of carbonyl (C=O) groups is 2. The van der Waals surface area contributed by atoms with Gasteiger partial charge in [0.15, 0.2) is 5.78 Å². The van der Waals surface area contributed by atoms with Crippen LogP contribution in [0.3, 0.4) is 0 Å². The fourth-order valence-electron chi connectivity index (χ4n) is 4.62. The topological polar surface area (TPSA) is 70.7 Å². The monoisotopic (exact) mass is 453 g/mol. The highest BCUT2D eigenvalue weighted by Gasteiger charge is 2.42. The lowest BCUT2D eigenvalue weighted by Gasteiger charge is -2.37. The van der Waals surface area contributed by atoms with Crippen LogP contribution in [-0.2, 0) is 14.3 Å². The Morgan fingerprint density at radius 3 is 2.81 bits per heavy atom. The molecule has 0 fully saturated rings. The van der Waals surface area contributed by atoms with Crippen molar-refractivity contribution in [1.29, 1.82) is 0 Å². The zero-order valence-corrected chi connectivity index (χ0v) is 19.8. The summed E-state index contributed by atoms with van der Waals surface area (Å²) in [6.07, 6.45) is 2.06. The molecule has 7 heteroatoms. The van der Waals surface area contributed by atoms with E-state index in [2.05, 4.69) is 35.4 Å². The van der Waals surface area contributed by atoms with Crippen LogP contribution in [0.2, 0.25) is 0 Å². The van der Waals surface area contributed by atoms with E-state index in [1.54, 1.807) is 18.4 Å². The predicted octanol–water partition coefficient (Wildman–Crippen LogP) is 4.52. The molecular weight excluding hydrogens is 422 g/mol. The van der Waals surface area contributed by atoms with Crippen molar-refractivity contribution >= 4 is 34.4 Å². The van der Waals surface area contributed by atoms with Crippen LogP contribution in [0.1, 0.15) is 44.0 Å². The fraction of sp³-hybridized carbons (Fsp3) is 0.440. The van der Waals surface area contributed by atoms with Crippen molar-refractivity contribution in [2.24, 2.45) is 5.41 Å². The van der Waals surface area contributed by atoms with Crippen molar-refractivity contribution < 1.29 is 14.3 Å². The number of ether oxygens (including phenoxy) is 1. The molecule has 4 rings (SSSR count). The smallest absolute Gasteiger partial charge is 0.239 e. The molecule has 6 nitrogen and oxygen atoms in total. The van der Waals surface area contributed by atoms with Crippen LogP contribution in [0.4, 0.5) is 11.4 Å². The number of methoxy groups -OCH3 is 1. The summed E-state index contributed by atoms with van der Waals surface area (Å²) in [7, 11) is 1.66. The molecule has 170 valence electrons. The molecule has 1 aromatic heterocycles. The van der Waals surface area contributed by atoms with Crippen LogP contribution in [0.5, 0.6) is 0 Å². The Bertz CT molecular complexity index is 1010. The number of carbonyl (C=O) groups excluding carboxylic acids is 2. The highest BCUT2D eigenvalue weighted by atomic mass is 32.1. The van der Waals surface area contributed by atoms with E-state index in [4.69, 9.17) is 4.74 Å². The van der Waals surface area contributed by atoms with Gasteiger partial charge in [0.1, 0.15) is 0 Å². The van der Waals surface area contributed by atoms with Gasteiger partial charge in [0.2, 0.25) is 5.91 Å². The molecule has 2 heterocycles. The third-order valence-corrected chi connectivity index (χ3v) is 6.90. The van der Waals surface area contributed by atoms with E-state index in [1.165, 1.54) is 0 Å².